The van der Waals surface area contributed by atoms with E-state index in [-0.39, 0.29) is 5.91 Å². The number of hydrogen-bond acceptors (Lipinski definition) is 2. The van der Waals surface area contributed by atoms with Gasteiger partial charge in [0, 0.05) is 19.7 Å². The van der Waals surface area contributed by atoms with Crippen LogP contribution in [0.1, 0.15) is 27.0 Å². The number of benzene rings is 2. The quantitative estimate of drug-likeness (QED) is 0.855. The van der Waals surface area contributed by atoms with Crippen LogP contribution < -0.4 is 0 Å². The maximum atomic E-state index is 12.0. The number of hydrogen-bond donors (Lipinski definition) is 0. The highest BCUT2D eigenvalue weighted by Crippen LogP contribution is 2.17. The maximum Gasteiger partial charge on any atom is 0.253 e. The van der Waals surface area contributed by atoms with Crippen LogP contribution in [0, 0.1) is 11.3 Å². The fraction of sp³-hybridized carbons (Fsp3) is 0.176. The molecule has 0 saturated heterocycles. The zero-order valence-electron chi connectivity index (χ0n) is 11.6. The first kappa shape index (κ1) is 13.8. The van der Waals surface area contributed by atoms with E-state index < -0.39 is 0 Å². The molecule has 2 aromatic rings. The number of nitrogens with zero attached hydrogens (tertiary/aromatic N) is 2. The second kappa shape index (κ2) is 6.03. The summed E-state index contributed by atoms with van der Waals surface area (Å²) in [6, 6.07) is 17.3. The van der Waals surface area contributed by atoms with Crippen LogP contribution in [0.15, 0.2) is 48.5 Å². The lowest BCUT2D eigenvalue weighted by Gasteiger charge is -2.12. The minimum atomic E-state index is -0.0520. The Balaban J connectivity index is 2.38. The summed E-state index contributed by atoms with van der Waals surface area (Å²) < 4.78 is 0. The second-order valence-corrected chi connectivity index (χ2v) is 4.85. The average Bonchev–Trinajstić information content (AvgIpc) is 2.47. The van der Waals surface area contributed by atoms with Crippen LogP contribution in [-0.2, 0) is 6.42 Å². The molecule has 0 aromatic heterocycles. The summed E-state index contributed by atoms with van der Waals surface area (Å²) in [5.41, 5.74) is 3.23. The number of nitriles is 1. The van der Waals surface area contributed by atoms with E-state index in [1.54, 1.807) is 26.2 Å². The van der Waals surface area contributed by atoms with Gasteiger partial charge in [0.05, 0.1) is 11.6 Å². The van der Waals surface area contributed by atoms with Crippen molar-refractivity contribution in [2.75, 3.05) is 14.1 Å². The zero-order valence-corrected chi connectivity index (χ0v) is 11.6. The third kappa shape index (κ3) is 3.04. The van der Waals surface area contributed by atoms with Gasteiger partial charge in [-0.3, -0.25) is 4.79 Å². The highest BCUT2D eigenvalue weighted by molar-refractivity contribution is 5.94. The Hall–Kier alpha value is -2.60. The molecule has 0 aliphatic rings. The Bertz CT molecular complexity index is 654. The summed E-state index contributed by atoms with van der Waals surface area (Å²) in [5.74, 6) is -0.0520. The molecule has 0 aliphatic carbocycles. The molecule has 2 rings (SSSR count). The predicted octanol–water partition coefficient (Wildman–Crippen LogP) is 2.85. The van der Waals surface area contributed by atoms with Crippen molar-refractivity contribution in [2.45, 2.75) is 6.42 Å². The average molecular weight is 264 g/mol. The van der Waals surface area contributed by atoms with Gasteiger partial charge in [-0.05, 0) is 35.7 Å². The smallest absolute Gasteiger partial charge is 0.253 e. The first-order chi connectivity index (χ1) is 9.61. The topological polar surface area (TPSA) is 44.1 Å². The van der Waals surface area contributed by atoms with Crippen LogP contribution in [-0.4, -0.2) is 24.9 Å². The van der Waals surface area contributed by atoms with E-state index in [0.29, 0.717) is 17.5 Å². The number of amides is 1. The van der Waals surface area contributed by atoms with Crippen molar-refractivity contribution in [2.24, 2.45) is 0 Å². The first-order valence-electron chi connectivity index (χ1n) is 6.40. The highest BCUT2D eigenvalue weighted by atomic mass is 16.2. The van der Waals surface area contributed by atoms with Crippen LogP contribution in [0.2, 0.25) is 0 Å². The van der Waals surface area contributed by atoms with Gasteiger partial charge in [-0.15, -0.1) is 0 Å². The molecule has 0 fully saturated rings. The van der Waals surface area contributed by atoms with E-state index in [9.17, 15) is 10.1 Å². The van der Waals surface area contributed by atoms with Gasteiger partial charge in [0.2, 0.25) is 0 Å². The van der Waals surface area contributed by atoms with Crippen molar-refractivity contribution in [3.05, 3.63) is 70.8 Å². The summed E-state index contributed by atoms with van der Waals surface area (Å²) in [7, 11) is 3.44. The van der Waals surface area contributed by atoms with Crippen LogP contribution >= 0.6 is 0 Å². The Labute approximate surface area is 119 Å². The van der Waals surface area contributed by atoms with Crippen LogP contribution in [0.3, 0.4) is 0 Å². The van der Waals surface area contributed by atoms with Crippen molar-refractivity contribution >= 4 is 5.91 Å². The maximum absolute atomic E-state index is 12.0. The lowest BCUT2D eigenvalue weighted by Crippen LogP contribution is -2.21. The third-order valence-corrected chi connectivity index (χ3v) is 3.12. The molecule has 100 valence electrons. The molecule has 3 nitrogen and oxygen atoms in total. The molecule has 0 spiro atoms. The summed E-state index contributed by atoms with van der Waals surface area (Å²) in [4.78, 5) is 13.5. The van der Waals surface area contributed by atoms with E-state index >= 15 is 0 Å². The van der Waals surface area contributed by atoms with Gasteiger partial charge >= 0.3 is 0 Å². The Kier molecular flexibility index (Phi) is 4.17. The van der Waals surface area contributed by atoms with E-state index in [1.165, 1.54) is 4.90 Å². The van der Waals surface area contributed by atoms with Gasteiger partial charge in [0.15, 0.2) is 0 Å². The predicted molar refractivity (Wildman–Crippen MR) is 78.4 cm³/mol. The van der Waals surface area contributed by atoms with Crippen molar-refractivity contribution < 1.29 is 4.79 Å². The SMILES string of the molecule is CN(C)C(=O)c1ccc(C#N)c(Cc2ccccc2)c1. The second-order valence-electron chi connectivity index (χ2n) is 4.85. The molecule has 0 heterocycles. The summed E-state index contributed by atoms with van der Waals surface area (Å²) in [6.45, 7) is 0. The molecular weight excluding hydrogens is 248 g/mol. The van der Waals surface area contributed by atoms with E-state index in [1.807, 2.05) is 36.4 Å². The largest absolute Gasteiger partial charge is 0.345 e. The lowest BCUT2D eigenvalue weighted by atomic mass is 9.98. The molecular formula is C17H16N2O. The lowest BCUT2D eigenvalue weighted by molar-refractivity contribution is 0.0827. The molecule has 20 heavy (non-hydrogen) atoms. The number of rotatable bonds is 3. The fourth-order valence-electron chi connectivity index (χ4n) is 2.06. The molecule has 0 atom stereocenters. The molecule has 2 aromatic carbocycles. The fourth-order valence-corrected chi connectivity index (χ4v) is 2.06. The molecule has 1 amide bonds. The van der Waals surface area contributed by atoms with E-state index in [4.69, 9.17) is 0 Å². The number of carbonyl (C=O) groups is 1. The Morgan fingerprint density at radius 2 is 1.85 bits per heavy atom. The Morgan fingerprint density at radius 1 is 1.15 bits per heavy atom. The van der Waals surface area contributed by atoms with Crippen molar-refractivity contribution in [1.29, 1.82) is 5.26 Å². The van der Waals surface area contributed by atoms with Gasteiger partial charge in [-0.1, -0.05) is 30.3 Å². The first-order valence-corrected chi connectivity index (χ1v) is 6.40. The summed E-state index contributed by atoms with van der Waals surface area (Å²) in [6.07, 6.45) is 0.651. The van der Waals surface area contributed by atoms with Gasteiger partial charge in [-0.25, -0.2) is 0 Å². The summed E-state index contributed by atoms with van der Waals surface area (Å²) in [5, 5.41) is 9.19. The minimum absolute atomic E-state index is 0.0520. The van der Waals surface area contributed by atoms with Gasteiger partial charge in [-0.2, -0.15) is 5.26 Å². The molecule has 3 heteroatoms. The monoisotopic (exact) mass is 264 g/mol. The molecule has 0 N–H and O–H groups in total. The van der Waals surface area contributed by atoms with Crippen molar-refractivity contribution in [3.8, 4) is 6.07 Å². The molecule has 0 saturated carbocycles. The van der Waals surface area contributed by atoms with Crippen molar-refractivity contribution in [3.63, 3.8) is 0 Å². The molecule has 0 unspecified atom stereocenters. The molecule has 0 bridgehead atoms. The molecule has 0 aliphatic heterocycles. The van der Waals surface area contributed by atoms with Crippen molar-refractivity contribution in [1.82, 2.24) is 4.90 Å². The van der Waals surface area contributed by atoms with Crippen LogP contribution in [0.25, 0.3) is 0 Å². The highest BCUT2D eigenvalue weighted by Gasteiger charge is 2.11. The van der Waals surface area contributed by atoms with E-state index in [2.05, 4.69) is 6.07 Å². The summed E-state index contributed by atoms with van der Waals surface area (Å²) >= 11 is 0. The van der Waals surface area contributed by atoms with E-state index in [0.717, 1.165) is 11.1 Å². The third-order valence-electron chi connectivity index (χ3n) is 3.12. The zero-order chi connectivity index (χ0) is 14.5. The van der Waals surface area contributed by atoms with Crippen LogP contribution in [0.5, 0.6) is 0 Å². The standard InChI is InChI=1S/C17H16N2O/c1-19(2)17(20)14-8-9-15(12-18)16(11-14)10-13-6-4-3-5-7-13/h3-9,11H,10H2,1-2H3. The van der Waals surface area contributed by atoms with Gasteiger partial charge < -0.3 is 4.90 Å². The van der Waals surface area contributed by atoms with Gasteiger partial charge in [0.25, 0.3) is 5.91 Å². The molecule has 0 radical (unpaired) electrons. The van der Waals surface area contributed by atoms with Gasteiger partial charge in [0.1, 0.15) is 0 Å². The number of carbonyl (C=O) groups excluding carboxylic acids is 1. The Morgan fingerprint density at radius 3 is 2.45 bits per heavy atom. The normalized spacial score (nSPS) is 9.85. The van der Waals surface area contributed by atoms with Crippen LogP contribution in [0.4, 0.5) is 0 Å². The minimum Gasteiger partial charge on any atom is -0.345 e.